The first kappa shape index (κ1) is 23.1. The van der Waals surface area contributed by atoms with E-state index in [0.717, 1.165) is 49.9 Å². The van der Waals surface area contributed by atoms with Gasteiger partial charge >= 0.3 is 0 Å². The zero-order valence-corrected chi connectivity index (χ0v) is 19.5. The Balaban J connectivity index is 1.50. The number of amides is 1. The second-order valence-corrected chi connectivity index (χ2v) is 8.76. The number of nitrogens with one attached hydrogen (secondary N) is 3. The fourth-order valence-electron chi connectivity index (χ4n) is 4.20. The van der Waals surface area contributed by atoms with Crippen LogP contribution in [0.5, 0.6) is 11.5 Å². The van der Waals surface area contributed by atoms with Gasteiger partial charge < -0.3 is 24.6 Å². The topological polar surface area (TPSA) is 56.4 Å². The Hall–Kier alpha value is -2.57. The van der Waals surface area contributed by atoms with Gasteiger partial charge in [-0.2, -0.15) is 0 Å². The third kappa shape index (κ3) is 5.99. The average molecular weight is 428 g/mol. The van der Waals surface area contributed by atoms with E-state index in [1.807, 2.05) is 25.1 Å². The molecule has 31 heavy (non-hydrogen) atoms. The lowest BCUT2D eigenvalue weighted by atomic mass is 10.0. The molecule has 0 spiro atoms. The highest BCUT2D eigenvalue weighted by Crippen LogP contribution is 2.27. The second kappa shape index (κ2) is 10.6. The van der Waals surface area contributed by atoms with Crippen molar-refractivity contribution in [2.24, 2.45) is 0 Å². The molecule has 3 N–H and O–H groups in total. The zero-order valence-electron chi connectivity index (χ0n) is 19.5. The first-order valence-corrected chi connectivity index (χ1v) is 11.2. The van der Waals surface area contributed by atoms with Gasteiger partial charge in [-0.1, -0.05) is 26.0 Å². The molecule has 1 aliphatic rings. The molecule has 1 heterocycles. The van der Waals surface area contributed by atoms with Gasteiger partial charge in [-0.15, -0.1) is 0 Å². The van der Waals surface area contributed by atoms with Crippen LogP contribution in [0.25, 0.3) is 0 Å². The number of carbonyl (C=O) groups is 1. The van der Waals surface area contributed by atoms with Gasteiger partial charge in [0.2, 0.25) is 0 Å². The number of anilines is 1. The van der Waals surface area contributed by atoms with Crippen LogP contribution in [0.4, 0.5) is 5.69 Å². The predicted molar refractivity (Wildman–Crippen MR) is 123 cm³/mol. The summed E-state index contributed by atoms with van der Waals surface area (Å²) in [6, 6.07) is 14.3. The minimum atomic E-state index is -0.0626. The summed E-state index contributed by atoms with van der Waals surface area (Å²) in [6.45, 7) is 11.4. The Morgan fingerprint density at radius 3 is 2.16 bits per heavy atom. The van der Waals surface area contributed by atoms with Crippen LogP contribution in [0.2, 0.25) is 0 Å². The lowest BCUT2D eigenvalue weighted by molar-refractivity contribution is -1.02. The highest BCUT2D eigenvalue weighted by atomic mass is 16.5. The van der Waals surface area contributed by atoms with Gasteiger partial charge in [-0.05, 0) is 48.7 Å². The van der Waals surface area contributed by atoms with E-state index in [1.165, 1.54) is 20.9 Å². The maximum absolute atomic E-state index is 12.8. The van der Waals surface area contributed by atoms with Crippen LogP contribution in [0.1, 0.15) is 37.8 Å². The van der Waals surface area contributed by atoms with Crippen molar-refractivity contribution in [2.75, 3.05) is 45.7 Å². The molecule has 0 aliphatic carbocycles. The van der Waals surface area contributed by atoms with E-state index >= 15 is 0 Å². The number of hydrogen-bond donors (Lipinski definition) is 3. The van der Waals surface area contributed by atoms with Crippen molar-refractivity contribution in [3.05, 3.63) is 53.6 Å². The fourth-order valence-corrected chi connectivity index (χ4v) is 4.20. The molecule has 0 bridgehead atoms. The molecule has 0 unspecified atom stereocenters. The molecule has 3 rings (SSSR count). The van der Waals surface area contributed by atoms with Gasteiger partial charge in [0.25, 0.3) is 5.91 Å². The van der Waals surface area contributed by atoms with Crippen LogP contribution in [0.3, 0.4) is 0 Å². The summed E-state index contributed by atoms with van der Waals surface area (Å²) in [4.78, 5) is 15.7. The van der Waals surface area contributed by atoms with E-state index in [4.69, 9.17) is 9.47 Å². The van der Waals surface area contributed by atoms with E-state index < -0.39 is 0 Å². The van der Waals surface area contributed by atoms with Gasteiger partial charge in [0.15, 0.2) is 17.5 Å². The van der Waals surface area contributed by atoms with Gasteiger partial charge in [0, 0.05) is 11.3 Å². The monoisotopic (exact) mass is 427 g/mol. The fraction of sp³-hybridized carbons (Fsp3) is 0.480. The zero-order chi connectivity index (χ0) is 22.4. The number of quaternary nitrogens is 2. The molecule has 0 aromatic heterocycles. The van der Waals surface area contributed by atoms with Gasteiger partial charge in [-0.25, -0.2) is 0 Å². The molecule has 2 aromatic carbocycles. The normalized spacial score (nSPS) is 19.7. The summed E-state index contributed by atoms with van der Waals surface area (Å²) >= 11 is 0. The number of methoxy groups -OCH3 is 2. The van der Waals surface area contributed by atoms with Gasteiger partial charge in [0.1, 0.15) is 32.7 Å². The summed E-state index contributed by atoms with van der Waals surface area (Å²) in [6.07, 6.45) is 0. The lowest BCUT2D eigenvalue weighted by Gasteiger charge is -2.32. The molecule has 6 nitrogen and oxygen atoms in total. The van der Waals surface area contributed by atoms with Crippen molar-refractivity contribution in [1.82, 2.24) is 0 Å². The minimum Gasteiger partial charge on any atom is -0.493 e. The van der Waals surface area contributed by atoms with Crippen LogP contribution < -0.4 is 24.6 Å². The first-order valence-electron chi connectivity index (χ1n) is 11.2. The molecule has 168 valence electrons. The van der Waals surface area contributed by atoms with Crippen molar-refractivity contribution in [1.29, 1.82) is 0 Å². The number of ether oxygens (including phenoxy) is 2. The van der Waals surface area contributed by atoms with Crippen molar-refractivity contribution in [3.8, 4) is 11.5 Å². The van der Waals surface area contributed by atoms with Gasteiger partial charge in [-0.3, -0.25) is 4.79 Å². The summed E-state index contributed by atoms with van der Waals surface area (Å²) in [5.41, 5.74) is 3.40. The van der Waals surface area contributed by atoms with Crippen molar-refractivity contribution in [3.63, 3.8) is 0 Å². The van der Waals surface area contributed by atoms with E-state index in [-0.39, 0.29) is 11.9 Å². The molecule has 1 fully saturated rings. The molecule has 0 saturated carbocycles. The molecule has 1 saturated heterocycles. The van der Waals surface area contributed by atoms with Crippen LogP contribution in [0.15, 0.2) is 42.5 Å². The molecule has 1 amide bonds. The standard InChI is InChI=1S/C25H35N3O3/c1-18(2)21-7-9-22(10-8-21)26-25(29)19(3)28-14-12-27(13-15-28)17-20-6-11-23(30-4)24(16-20)31-5/h6-11,16,18-19H,12-15,17H2,1-5H3,(H,26,29)/p+2/t19-/m0/s1. The van der Waals surface area contributed by atoms with Crippen molar-refractivity contribution < 1.29 is 24.1 Å². The summed E-state index contributed by atoms with van der Waals surface area (Å²) in [5, 5.41) is 3.09. The van der Waals surface area contributed by atoms with E-state index in [0.29, 0.717) is 5.92 Å². The number of benzene rings is 2. The molecule has 2 aromatic rings. The smallest absolute Gasteiger partial charge is 0.282 e. The molecule has 1 aliphatic heterocycles. The lowest BCUT2D eigenvalue weighted by Crippen LogP contribution is -3.29. The first-order chi connectivity index (χ1) is 14.9. The Kier molecular flexibility index (Phi) is 7.93. The largest absolute Gasteiger partial charge is 0.493 e. The Labute approximate surface area is 186 Å². The summed E-state index contributed by atoms with van der Waals surface area (Å²) < 4.78 is 10.8. The summed E-state index contributed by atoms with van der Waals surface area (Å²) in [5.74, 6) is 2.12. The molecular formula is C25H37N3O3+2. The minimum absolute atomic E-state index is 0.0626. The average Bonchev–Trinajstić information content (AvgIpc) is 2.79. The molecule has 6 heteroatoms. The van der Waals surface area contributed by atoms with Crippen molar-refractivity contribution in [2.45, 2.75) is 39.3 Å². The molecular weight excluding hydrogens is 390 g/mol. The second-order valence-electron chi connectivity index (χ2n) is 8.76. The number of hydrogen-bond acceptors (Lipinski definition) is 3. The van der Waals surface area contributed by atoms with Crippen LogP contribution in [-0.2, 0) is 11.3 Å². The number of carbonyl (C=O) groups excluding carboxylic acids is 1. The van der Waals surface area contributed by atoms with E-state index in [2.05, 4.69) is 43.4 Å². The molecule has 1 atom stereocenters. The Bertz CT molecular complexity index is 859. The van der Waals surface area contributed by atoms with Crippen LogP contribution in [0, 0.1) is 0 Å². The van der Waals surface area contributed by atoms with Crippen LogP contribution >= 0.6 is 0 Å². The third-order valence-electron chi connectivity index (χ3n) is 6.35. The van der Waals surface area contributed by atoms with E-state index in [1.54, 1.807) is 14.2 Å². The Morgan fingerprint density at radius 2 is 1.58 bits per heavy atom. The quantitative estimate of drug-likeness (QED) is 0.592. The molecule has 0 radical (unpaired) electrons. The maximum atomic E-state index is 12.8. The SMILES string of the molecule is COc1ccc(C[NH+]2CC[NH+]([C@@H](C)C(=O)Nc3ccc(C(C)C)cc3)CC2)cc1OC. The number of rotatable bonds is 8. The van der Waals surface area contributed by atoms with E-state index in [9.17, 15) is 4.79 Å². The predicted octanol–water partition coefficient (Wildman–Crippen LogP) is 1.14. The Morgan fingerprint density at radius 1 is 0.935 bits per heavy atom. The highest BCUT2D eigenvalue weighted by Gasteiger charge is 2.31. The van der Waals surface area contributed by atoms with Crippen LogP contribution in [-0.4, -0.2) is 52.3 Å². The third-order valence-corrected chi connectivity index (χ3v) is 6.35. The highest BCUT2D eigenvalue weighted by molar-refractivity contribution is 5.93. The summed E-state index contributed by atoms with van der Waals surface area (Å²) in [7, 11) is 3.32. The van der Waals surface area contributed by atoms with Gasteiger partial charge in [0.05, 0.1) is 14.2 Å². The maximum Gasteiger partial charge on any atom is 0.282 e. The van der Waals surface area contributed by atoms with Crippen molar-refractivity contribution >= 4 is 11.6 Å². The number of piperazine rings is 1.